The number of oxime groups is 1. The Kier molecular flexibility index (Phi) is 4.61. The highest BCUT2D eigenvalue weighted by Crippen LogP contribution is 2.50. The van der Waals surface area contributed by atoms with Crippen molar-refractivity contribution in [3.8, 4) is 17.2 Å². The maximum absolute atomic E-state index is 13.2. The van der Waals surface area contributed by atoms with E-state index in [1.165, 1.54) is 12.1 Å². The first-order valence-electron chi connectivity index (χ1n) is 8.78. The van der Waals surface area contributed by atoms with Crippen molar-refractivity contribution in [2.45, 2.75) is 18.9 Å². The van der Waals surface area contributed by atoms with E-state index in [0.29, 0.717) is 34.9 Å². The van der Waals surface area contributed by atoms with E-state index in [4.69, 9.17) is 14.2 Å². The predicted molar refractivity (Wildman–Crippen MR) is 97.5 cm³/mol. The normalized spacial score (nSPS) is 19.1. The van der Waals surface area contributed by atoms with Crippen LogP contribution in [-0.2, 0) is 6.42 Å². The van der Waals surface area contributed by atoms with Crippen LogP contribution in [-0.4, -0.2) is 43.3 Å². The number of nitrogens with zero attached hydrogens (tertiary/aromatic N) is 2. The van der Waals surface area contributed by atoms with E-state index in [0.717, 1.165) is 24.1 Å². The van der Waals surface area contributed by atoms with Crippen molar-refractivity contribution in [1.29, 1.82) is 0 Å². The van der Waals surface area contributed by atoms with Crippen LogP contribution in [0.1, 0.15) is 29.2 Å². The molecule has 1 N–H and O–H groups in total. The Balaban J connectivity index is 1.75. The van der Waals surface area contributed by atoms with Gasteiger partial charge in [-0.15, -0.1) is 0 Å². The molecule has 0 radical (unpaired) electrons. The summed E-state index contributed by atoms with van der Waals surface area (Å²) in [6.07, 6.45) is 1.30. The fraction of sp³-hybridized carbons (Fsp3) is 0.350. The van der Waals surface area contributed by atoms with Crippen LogP contribution in [0.25, 0.3) is 0 Å². The molecule has 2 aromatic rings. The van der Waals surface area contributed by atoms with Crippen molar-refractivity contribution < 1.29 is 23.8 Å². The number of hydrogen-bond donors (Lipinski definition) is 1. The molecule has 0 spiro atoms. The Morgan fingerprint density at radius 3 is 2.81 bits per heavy atom. The second kappa shape index (κ2) is 7.08. The van der Waals surface area contributed by atoms with Crippen molar-refractivity contribution in [2.75, 3.05) is 27.5 Å². The third-order valence-corrected chi connectivity index (χ3v) is 5.23. The van der Waals surface area contributed by atoms with E-state index in [1.807, 2.05) is 13.1 Å². The SMILES string of the molecule is COc1c2c(cc3c1[C@H](C/C(=N\O)c1ccc(F)cc1)N(C)CC3)OCO2. The van der Waals surface area contributed by atoms with Crippen molar-refractivity contribution in [2.24, 2.45) is 5.16 Å². The minimum atomic E-state index is -0.328. The van der Waals surface area contributed by atoms with Crippen LogP contribution in [0.2, 0.25) is 0 Å². The molecular weight excluding hydrogens is 351 g/mol. The molecule has 0 aliphatic carbocycles. The molecular formula is C20H21FN2O4. The number of benzene rings is 2. The Morgan fingerprint density at radius 2 is 2.11 bits per heavy atom. The van der Waals surface area contributed by atoms with E-state index >= 15 is 0 Å². The van der Waals surface area contributed by atoms with Gasteiger partial charge in [0, 0.05) is 24.6 Å². The molecule has 2 aromatic carbocycles. The van der Waals surface area contributed by atoms with Gasteiger partial charge >= 0.3 is 0 Å². The van der Waals surface area contributed by atoms with Gasteiger partial charge in [-0.1, -0.05) is 17.3 Å². The predicted octanol–water partition coefficient (Wildman–Crippen LogP) is 3.36. The number of hydrogen-bond acceptors (Lipinski definition) is 6. The van der Waals surface area contributed by atoms with Gasteiger partial charge in [0.15, 0.2) is 11.5 Å². The highest BCUT2D eigenvalue weighted by molar-refractivity contribution is 6.00. The third-order valence-electron chi connectivity index (χ3n) is 5.23. The summed E-state index contributed by atoms with van der Waals surface area (Å²) < 4.78 is 30.1. The molecule has 0 saturated heterocycles. The monoisotopic (exact) mass is 372 g/mol. The first-order valence-corrected chi connectivity index (χ1v) is 8.78. The minimum Gasteiger partial charge on any atom is -0.492 e. The van der Waals surface area contributed by atoms with Gasteiger partial charge in [0.05, 0.1) is 12.8 Å². The van der Waals surface area contributed by atoms with Crippen molar-refractivity contribution in [3.63, 3.8) is 0 Å². The lowest BCUT2D eigenvalue weighted by molar-refractivity contribution is 0.170. The quantitative estimate of drug-likeness (QED) is 0.507. The highest BCUT2D eigenvalue weighted by Gasteiger charge is 2.34. The van der Waals surface area contributed by atoms with Crippen LogP contribution >= 0.6 is 0 Å². The smallest absolute Gasteiger partial charge is 0.231 e. The van der Waals surface area contributed by atoms with Gasteiger partial charge in [0.2, 0.25) is 12.5 Å². The molecule has 2 aliphatic heterocycles. The van der Waals surface area contributed by atoms with Gasteiger partial charge in [-0.25, -0.2) is 4.39 Å². The molecule has 0 amide bonds. The van der Waals surface area contributed by atoms with Gasteiger partial charge in [-0.2, -0.15) is 0 Å². The van der Waals surface area contributed by atoms with Gasteiger partial charge in [-0.3, -0.25) is 4.90 Å². The maximum atomic E-state index is 13.2. The van der Waals surface area contributed by atoms with Crippen LogP contribution in [0.4, 0.5) is 4.39 Å². The lowest BCUT2D eigenvalue weighted by Crippen LogP contribution is -2.34. The summed E-state index contributed by atoms with van der Waals surface area (Å²) in [7, 11) is 3.64. The number of methoxy groups -OCH3 is 1. The first-order chi connectivity index (χ1) is 13.1. The van der Waals surface area contributed by atoms with Crippen molar-refractivity contribution in [1.82, 2.24) is 4.90 Å². The molecule has 2 aliphatic rings. The number of ether oxygens (including phenoxy) is 3. The molecule has 0 aromatic heterocycles. The molecule has 2 heterocycles. The van der Waals surface area contributed by atoms with E-state index < -0.39 is 0 Å². The van der Waals surface area contributed by atoms with Gasteiger partial charge in [0.25, 0.3) is 0 Å². The van der Waals surface area contributed by atoms with E-state index in [-0.39, 0.29) is 18.7 Å². The Bertz CT molecular complexity index is 883. The fourth-order valence-electron chi connectivity index (χ4n) is 3.82. The number of rotatable bonds is 4. The molecule has 0 unspecified atom stereocenters. The van der Waals surface area contributed by atoms with Crippen molar-refractivity contribution >= 4 is 5.71 Å². The summed E-state index contributed by atoms with van der Waals surface area (Å²) in [4.78, 5) is 2.20. The minimum absolute atomic E-state index is 0.0749. The second-order valence-electron chi connectivity index (χ2n) is 6.72. The number of halogens is 1. The molecule has 6 nitrogen and oxygen atoms in total. The molecule has 7 heteroatoms. The summed E-state index contributed by atoms with van der Waals surface area (Å²) in [5.74, 6) is 1.64. The van der Waals surface area contributed by atoms with E-state index in [2.05, 4.69) is 10.1 Å². The zero-order valence-corrected chi connectivity index (χ0v) is 15.2. The molecule has 0 fully saturated rings. The van der Waals surface area contributed by atoms with Crippen LogP contribution in [0, 0.1) is 5.82 Å². The number of likely N-dealkylation sites (N-methyl/N-ethyl adjacent to an activating group) is 1. The molecule has 142 valence electrons. The van der Waals surface area contributed by atoms with Crippen LogP contribution in [0.5, 0.6) is 17.2 Å². The molecule has 1 atom stereocenters. The molecule has 0 saturated carbocycles. The van der Waals surface area contributed by atoms with Gasteiger partial charge < -0.3 is 19.4 Å². The number of fused-ring (bicyclic) bond motifs is 2. The van der Waals surface area contributed by atoms with Crippen LogP contribution in [0.15, 0.2) is 35.5 Å². The highest BCUT2D eigenvalue weighted by atomic mass is 19.1. The summed E-state index contributed by atoms with van der Waals surface area (Å²) in [5, 5.41) is 13.1. The largest absolute Gasteiger partial charge is 0.492 e. The topological polar surface area (TPSA) is 63.5 Å². The Labute approximate surface area is 156 Å². The summed E-state index contributed by atoms with van der Waals surface area (Å²) in [6, 6.07) is 7.88. The Morgan fingerprint density at radius 1 is 1.33 bits per heavy atom. The standard InChI is InChI=1S/C20H21FN2O4/c1-23-8-7-13-9-17-19(27-11-26-17)20(25-2)18(13)16(23)10-15(22-24)12-3-5-14(21)6-4-12/h3-6,9,16,24H,7-8,10-11H2,1-2H3/b22-15+/t16-/m0/s1. The summed E-state index contributed by atoms with van der Waals surface area (Å²) >= 11 is 0. The summed E-state index contributed by atoms with van der Waals surface area (Å²) in [6.45, 7) is 1.02. The zero-order valence-electron chi connectivity index (χ0n) is 15.2. The van der Waals surface area contributed by atoms with E-state index in [1.54, 1.807) is 19.2 Å². The third kappa shape index (κ3) is 3.08. The summed E-state index contributed by atoms with van der Waals surface area (Å²) in [5.41, 5.74) is 3.31. The molecule has 27 heavy (non-hydrogen) atoms. The maximum Gasteiger partial charge on any atom is 0.231 e. The van der Waals surface area contributed by atoms with E-state index in [9.17, 15) is 9.60 Å². The van der Waals surface area contributed by atoms with Crippen molar-refractivity contribution in [3.05, 3.63) is 52.8 Å². The fourth-order valence-corrected chi connectivity index (χ4v) is 3.82. The molecule has 4 rings (SSSR count). The first kappa shape index (κ1) is 17.6. The second-order valence-corrected chi connectivity index (χ2v) is 6.72. The lowest BCUT2D eigenvalue weighted by atomic mass is 9.87. The van der Waals surface area contributed by atoms with Gasteiger partial charge in [0.1, 0.15) is 5.82 Å². The van der Waals surface area contributed by atoms with Gasteiger partial charge in [-0.05, 0) is 42.8 Å². The average molecular weight is 372 g/mol. The zero-order chi connectivity index (χ0) is 19.0. The van der Waals surface area contributed by atoms with Crippen LogP contribution in [0.3, 0.4) is 0 Å². The Hall–Kier alpha value is -2.80. The average Bonchev–Trinajstić information content (AvgIpc) is 3.15. The lowest BCUT2D eigenvalue weighted by Gasteiger charge is -2.36. The molecule has 0 bridgehead atoms. The van der Waals surface area contributed by atoms with Crippen LogP contribution < -0.4 is 14.2 Å².